The number of nitrogens with zero attached hydrogens (tertiary/aromatic N) is 2. The fourth-order valence-electron chi connectivity index (χ4n) is 2.07. The van der Waals surface area contributed by atoms with E-state index >= 15 is 0 Å². The zero-order chi connectivity index (χ0) is 14.8. The maximum atomic E-state index is 10.5. The van der Waals surface area contributed by atoms with Gasteiger partial charge in [-0.1, -0.05) is 35.9 Å². The Kier molecular flexibility index (Phi) is 4.28. The molecule has 3 rings (SSSR count). The molecule has 0 saturated heterocycles. The van der Waals surface area contributed by atoms with E-state index in [-0.39, 0.29) is 0 Å². The van der Waals surface area contributed by atoms with Gasteiger partial charge in [-0.3, -0.25) is 0 Å². The third kappa shape index (κ3) is 3.12. The molecule has 2 aromatic carbocycles. The van der Waals surface area contributed by atoms with E-state index in [0.717, 1.165) is 20.4 Å². The van der Waals surface area contributed by atoms with Crippen LogP contribution in [0.1, 0.15) is 17.2 Å². The number of hydrogen-bond donors (Lipinski definition) is 1. The molecule has 1 heterocycles. The van der Waals surface area contributed by atoms with Crippen LogP contribution in [0.15, 0.2) is 60.9 Å². The fourth-order valence-corrected chi connectivity index (χ4v) is 2.60. The number of benzene rings is 2. The molecule has 1 unspecified atom stereocenters. The molecule has 1 N–H and O–H groups in total. The van der Waals surface area contributed by atoms with Crippen LogP contribution in [0.4, 0.5) is 0 Å². The van der Waals surface area contributed by atoms with Crippen molar-refractivity contribution in [2.75, 3.05) is 0 Å². The second-order valence-electron chi connectivity index (χ2n) is 4.63. The highest BCUT2D eigenvalue weighted by molar-refractivity contribution is 14.1. The Morgan fingerprint density at radius 2 is 1.86 bits per heavy atom. The molecule has 0 aliphatic rings. The molecule has 3 aromatic rings. The van der Waals surface area contributed by atoms with E-state index in [4.69, 9.17) is 11.6 Å². The van der Waals surface area contributed by atoms with Crippen LogP contribution in [0.25, 0.3) is 5.69 Å². The quantitative estimate of drug-likeness (QED) is 0.657. The SMILES string of the molecule is OC(c1ccc(I)c(Cl)c1)c1cnn(-c2ccccc2)c1. The first-order valence-corrected chi connectivity index (χ1v) is 7.84. The Labute approximate surface area is 141 Å². The predicted molar refractivity (Wildman–Crippen MR) is 91.8 cm³/mol. The number of halogens is 2. The van der Waals surface area contributed by atoms with Gasteiger partial charge in [-0.25, -0.2) is 4.68 Å². The lowest BCUT2D eigenvalue weighted by Gasteiger charge is -2.09. The Morgan fingerprint density at radius 1 is 1.10 bits per heavy atom. The van der Waals surface area contributed by atoms with Crippen molar-refractivity contribution in [2.45, 2.75) is 6.10 Å². The smallest absolute Gasteiger partial charge is 0.107 e. The lowest BCUT2D eigenvalue weighted by Crippen LogP contribution is -1.99. The van der Waals surface area contributed by atoms with Gasteiger partial charge in [-0.2, -0.15) is 5.10 Å². The maximum Gasteiger partial charge on any atom is 0.107 e. The lowest BCUT2D eigenvalue weighted by atomic mass is 10.1. The third-order valence-electron chi connectivity index (χ3n) is 3.20. The summed E-state index contributed by atoms with van der Waals surface area (Å²) in [5, 5.41) is 15.4. The first-order valence-electron chi connectivity index (χ1n) is 6.38. The summed E-state index contributed by atoms with van der Waals surface area (Å²) in [6.45, 7) is 0. The van der Waals surface area contributed by atoms with Gasteiger partial charge in [0.2, 0.25) is 0 Å². The molecular formula is C16H12ClIN2O. The van der Waals surface area contributed by atoms with Crippen LogP contribution in [-0.4, -0.2) is 14.9 Å². The highest BCUT2D eigenvalue weighted by Gasteiger charge is 2.14. The van der Waals surface area contributed by atoms with Gasteiger partial charge in [0.1, 0.15) is 6.10 Å². The molecule has 0 radical (unpaired) electrons. The van der Waals surface area contributed by atoms with Crippen molar-refractivity contribution in [1.29, 1.82) is 0 Å². The molecule has 0 aliphatic carbocycles. The predicted octanol–water partition coefficient (Wildman–Crippen LogP) is 4.21. The van der Waals surface area contributed by atoms with Crippen LogP contribution in [0.3, 0.4) is 0 Å². The number of rotatable bonds is 3. The largest absolute Gasteiger partial charge is 0.384 e. The van der Waals surface area contributed by atoms with Crippen molar-refractivity contribution >= 4 is 34.2 Å². The van der Waals surface area contributed by atoms with E-state index in [9.17, 15) is 5.11 Å². The molecule has 0 amide bonds. The highest BCUT2D eigenvalue weighted by Crippen LogP contribution is 2.27. The van der Waals surface area contributed by atoms with E-state index < -0.39 is 6.10 Å². The fraction of sp³-hybridized carbons (Fsp3) is 0.0625. The number of para-hydroxylation sites is 1. The minimum Gasteiger partial charge on any atom is -0.384 e. The standard InChI is InChI=1S/C16H12ClIN2O/c17-14-8-11(6-7-15(14)18)16(21)12-9-19-20(10-12)13-4-2-1-3-5-13/h1-10,16,21H. The first-order chi connectivity index (χ1) is 10.1. The van der Waals surface area contributed by atoms with Gasteiger partial charge in [-0.15, -0.1) is 0 Å². The maximum absolute atomic E-state index is 10.5. The molecule has 0 bridgehead atoms. The van der Waals surface area contributed by atoms with E-state index in [0.29, 0.717) is 5.02 Å². The van der Waals surface area contributed by atoms with Crippen LogP contribution >= 0.6 is 34.2 Å². The number of hydrogen-bond acceptors (Lipinski definition) is 2. The molecule has 5 heteroatoms. The van der Waals surface area contributed by atoms with Crippen LogP contribution in [-0.2, 0) is 0 Å². The summed E-state index contributed by atoms with van der Waals surface area (Å²) in [4.78, 5) is 0. The minimum absolute atomic E-state index is 0.641. The zero-order valence-corrected chi connectivity index (χ0v) is 13.9. The van der Waals surface area contributed by atoms with Crippen molar-refractivity contribution < 1.29 is 5.11 Å². The highest BCUT2D eigenvalue weighted by atomic mass is 127. The van der Waals surface area contributed by atoms with E-state index in [1.165, 1.54) is 0 Å². The summed E-state index contributed by atoms with van der Waals surface area (Å²) < 4.78 is 2.71. The van der Waals surface area contributed by atoms with Crippen molar-refractivity contribution in [3.8, 4) is 5.69 Å². The molecule has 0 aliphatic heterocycles. The molecule has 1 atom stereocenters. The summed E-state index contributed by atoms with van der Waals surface area (Å²) in [5.74, 6) is 0. The molecule has 3 nitrogen and oxygen atoms in total. The van der Waals surface area contributed by atoms with Gasteiger partial charge in [0.25, 0.3) is 0 Å². The summed E-state index contributed by atoms with van der Waals surface area (Å²) in [6, 6.07) is 15.3. The average molecular weight is 411 g/mol. The Morgan fingerprint density at radius 3 is 2.57 bits per heavy atom. The monoisotopic (exact) mass is 410 g/mol. The van der Waals surface area contributed by atoms with Gasteiger partial charge in [0.05, 0.1) is 16.9 Å². The Hall–Kier alpha value is -1.37. The van der Waals surface area contributed by atoms with E-state index in [1.807, 2.05) is 48.7 Å². The molecule has 0 saturated carbocycles. The molecular weight excluding hydrogens is 399 g/mol. The second-order valence-corrected chi connectivity index (χ2v) is 6.20. The van der Waals surface area contributed by atoms with Gasteiger partial charge in [-0.05, 0) is 52.4 Å². The summed E-state index contributed by atoms with van der Waals surface area (Å²) in [5.41, 5.74) is 2.45. The van der Waals surface area contributed by atoms with Crippen LogP contribution in [0.5, 0.6) is 0 Å². The average Bonchev–Trinajstić information content (AvgIpc) is 3.00. The minimum atomic E-state index is -0.739. The lowest BCUT2D eigenvalue weighted by molar-refractivity contribution is 0.220. The normalized spacial score (nSPS) is 12.3. The molecule has 21 heavy (non-hydrogen) atoms. The van der Waals surface area contributed by atoms with Gasteiger partial charge in [0.15, 0.2) is 0 Å². The van der Waals surface area contributed by atoms with Crippen molar-refractivity contribution in [1.82, 2.24) is 9.78 Å². The molecule has 0 spiro atoms. The van der Waals surface area contributed by atoms with E-state index in [2.05, 4.69) is 27.7 Å². The molecule has 0 fully saturated rings. The third-order valence-corrected chi connectivity index (χ3v) is 4.77. The van der Waals surface area contributed by atoms with Gasteiger partial charge in [0, 0.05) is 15.3 Å². The number of aliphatic hydroxyl groups excluding tert-OH is 1. The van der Waals surface area contributed by atoms with Crippen LogP contribution in [0.2, 0.25) is 5.02 Å². The van der Waals surface area contributed by atoms with Crippen molar-refractivity contribution in [3.05, 3.63) is 80.6 Å². The summed E-state index contributed by atoms with van der Waals surface area (Å²) in [6.07, 6.45) is 2.76. The Balaban J connectivity index is 1.90. The van der Waals surface area contributed by atoms with E-state index in [1.54, 1.807) is 16.9 Å². The first kappa shape index (κ1) is 14.6. The van der Waals surface area contributed by atoms with Gasteiger partial charge < -0.3 is 5.11 Å². The van der Waals surface area contributed by atoms with Gasteiger partial charge >= 0.3 is 0 Å². The van der Waals surface area contributed by atoms with Crippen molar-refractivity contribution in [3.63, 3.8) is 0 Å². The summed E-state index contributed by atoms with van der Waals surface area (Å²) in [7, 11) is 0. The van der Waals surface area contributed by atoms with Crippen LogP contribution in [0, 0.1) is 3.57 Å². The summed E-state index contributed by atoms with van der Waals surface area (Å²) >= 11 is 8.27. The second kappa shape index (κ2) is 6.17. The molecule has 106 valence electrons. The number of aliphatic hydroxyl groups is 1. The van der Waals surface area contributed by atoms with Crippen molar-refractivity contribution in [2.24, 2.45) is 0 Å². The zero-order valence-electron chi connectivity index (χ0n) is 10.9. The van der Waals surface area contributed by atoms with Crippen LogP contribution < -0.4 is 0 Å². The topological polar surface area (TPSA) is 38.1 Å². The Bertz CT molecular complexity index is 758. The molecule has 1 aromatic heterocycles. The number of aromatic nitrogens is 2.